The van der Waals surface area contributed by atoms with Gasteiger partial charge >= 0.3 is 0 Å². The first-order chi connectivity index (χ1) is 14.0. The van der Waals surface area contributed by atoms with Crippen LogP contribution in [0.25, 0.3) is 0 Å². The van der Waals surface area contributed by atoms with Crippen LogP contribution in [0.3, 0.4) is 0 Å². The van der Waals surface area contributed by atoms with Gasteiger partial charge in [0.05, 0.1) is 4.83 Å². The third-order valence-corrected chi connectivity index (χ3v) is 12.2. The minimum atomic E-state index is 0.0972. The van der Waals surface area contributed by atoms with Crippen molar-refractivity contribution in [3.8, 4) is 0 Å². The normalized spacial score (nSPS) is 49.5. The van der Waals surface area contributed by atoms with E-state index in [4.69, 9.17) is 0 Å². The highest BCUT2D eigenvalue weighted by atomic mass is 79.9. The average molecular weight is 480 g/mol. The van der Waals surface area contributed by atoms with Gasteiger partial charge in [-0.2, -0.15) is 0 Å². The van der Waals surface area contributed by atoms with Gasteiger partial charge in [0.1, 0.15) is 5.78 Å². The fraction of sp³-hybridized carbons (Fsp3) is 0.964. The molecule has 30 heavy (non-hydrogen) atoms. The van der Waals surface area contributed by atoms with E-state index < -0.39 is 0 Å². The topological polar surface area (TPSA) is 17.1 Å². The predicted molar refractivity (Wildman–Crippen MR) is 131 cm³/mol. The molecule has 1 nitrogen and oxygen atoms in total. The number of hydrogen-bond acceptors (Lipinski definition) is 1. The van der Waals surface area contributed by atoms with Crippen LogP contribution < -0.4 is 0 Å². The van der Waals surface area contributed by atoms with Gasteiger partial charge in [0.25, 0.3) is 0 Å². The molecule has 7 unspecified atom stereocenters. The Balaban J connectivity index is 1.52. The van der Waals surface area contributed by atoms with Gasteiger partial charge in [-0.1, -0.05) is 76.7 Å². The van der Waals surface area contributed by atoms with Crippen LogP contribution in [0.5, 0.6) is 0 Å². The Hall–Kier alpha value is 0.150. The molecule has 9 atom stereocenters. The zero-order chi connectivity index (χ0) is 21.9. The van der Waals surface area contributed by atoms with E-state index in [2.05, 4.69) is 57.5 Å². The van der Waals surface area contributed by atoms with Gasteiger partial charge < -0.3 is 0 Å². The molecule has 2 heteroatoms. The van der Waals surface area contributed by atoms with Crippen LogP contribution in [0, 0.1) is 51.8 Å². The van der Waals surface area contributed by atoms with E-state index >= 15 is 0 Å². The smallest absolute Gasteiger partial charge is 0.147 e. The van der Waals surface area contributed by atoms with Crippen LogP contribution in [-0.4, -0.2) is 10.6 Å². The van der Waals surface area contributed by atoms with Crippen molar-refractivity contribution in [2.75, 3.05) is 0 Å². The minimum absolute atomic E-state index is 0.0972. The number of carbonyl (C=O) groups is 1. The second-order valence-electron chi connectivity index (χ2n) is 13.2. The number of rotatable bonds is 5. The van der Waals surface area contributed by atoms with E-state index in [-0.39, 0.29) is 10.2 Å². The lowest BCUT2D eigenvalue weighted by molar-refractivity contribution is -0.162. The Bertz CT molecular complexity index is 657. The number of carbonyl (C=O) groups excluding carboxylic acids is 1. The highest BCUT2D eigenvalue weighted by Crippen LogP contribution is 2.71. The van der Waals surface area contributed by atoms with E-state index in [1.54, 1.807) is 0 Å². The van der Waals surface area contributed by atoms with Crippen molar-refractivity contribution in [1.29, 1.82) is 0 Å². The van der Waals surface area contributed by atoms with E-state index in [1.165, 1.54) is 57.8 Å². The number of Topliss-reactive ketones (excluding diaryl/α,β-unsaturated/α-hetero) is 1. The molecule has 4 fully saturated rings. The van der Waals surface area contributed by atoms with Crippen LogP contribution in [0.4, 0.5) is 0 Å². The fourth-order valence-electron chi connectivity index (χ4n) is 9.39. The molecule has 0 aliphatic heterocycles. The van der Waals surface area contributed by atoms with Crippen molar-refractivity contribution in [1.82, 2.24) is 0 Å². The van der Waals surface area contributed by atoms with Gasteiger partial charge in [-0.25, -0.2) is 0 Å². The Morgan fingerprint density at radius 1 is 0.967 bits per heavy atom. The lowest BCUT2D eigenvalue weighted by Crippen LogP contribution is -2.59. The SMILES string of the molecule is CC(C)CCCC(C)C1CCC2C3CC[C@@]4(C)CC(=O)[C@@H](Br)CC4(C)C3CCC12C. The van der Waals surface area contributed by atoms with Crippen LogP contribution in [0.2, 0.25) is 0 Å². The Morgan fingerprint density at radius 3 is 2.40 bits per heavy atom. The molecule has 0 bridgehead atoms. The summed E-state index contributed by atoms with van der Waals surface area (Å²) in [6.45, 7) is 15.0. The molecule has 4 aliphatic rings. The standard InChI is InChI=1S/C28H47BrO/c1-18(2)8-7-9-19(3)21-10-11-22-20-12-14-26(4)17-25(30)24(29)16-28(26,6)23(20)13-15-27(21,22)5/h18-24H,7-17H2,1-6H3/t19?,20?,21?,22?,23?,24-,26-,27?,28?/m0/s1. The minimum Gasteiger partial charge on any atom is -0.298 e. The third-order valence-electron chi connectivity index (χ3n) is 11.4. The third kappa shape index (κ3) is 3.58. The monoisotopic (exact) mass is 478 g/mol. The summed E-state index contributed by atoms with van der Waals surface area (Å²) in [6.07, 6.45) is 14.6. The summed E-state index contributed by atoms with van der Waals surface area (Å²) in [5.74, 6) is 5.80. The second kappa shape index (κ2) is 8.18. The summed E-state index contributed by atoms with van der Waals surface area (Å²) in [5.41, 5.74) is 1.13. The molecular formula is C28H47BrO. The quantitative estimate of drug-likeness (QED) is 0.362. The second-order valence-corrected chi connectivity index (χ2v) is 14.3. The van der Waals surface area contributed by atoms with Crippen molar-refractivity contribution in [2.45, 2.75) is 117 Å². The van der Waals surface area contributed by atoms with Crippen molar-refractivity contribution in [2.24, 2.45) is 51.8 Å². The van der Waals surface area contributed by atoms with Gasteiger partial charge in [-0.05, 0) is 96.7 Å². The predicted octanol–water partition coefficient (Wildman–Crippen LogP) is 8.44. The summed E-state index contributed by atoms with van der Waals surface area (Å²) in [5, 5.41) is 0. The molecule has 4 rings (SSSR count). The first-order valence-corrected chi connectivity index (χ1v) is 14.1. The molecule has 0 spiro atoms. The summed E-state index contributed by atoms with van der Waals surface area (Å²) in [7, 11) is 0. The number of ketones is 1. The Kier molecular flexibility index (Phi) is 6.35. The maximum absolute atomic E-state index is 12.6. The maximum atomic E-state index is 12.6. The highest BCUT2D eigenvalue weighted by Gasteiger charge is 2.64. The first kappa shape index (κ1) is 23.3. The molecule has 0 amide bonds. The zero-order valence-corrected chi connectivity index (χ0v) is 22.2. The van der Waals surface area contributed by atoms with Gasteiger partial charge in [0.2, 0.25) is 0 Å². The zero-order valence-electron chi connectivity index (χ0n) is 20.6. The Labute approximate surface area is 195 Å². The molecule has 4 aliphatic carbocycles. The van der Waals surface area contributed by atoms with Crippen molar-refractivity contribution >= 4 is 21.7 Å². The summed E-state index contributed by atoms with van der Waals surface area (Å²) in [4.78, 5) is 12.7. The highest BCUT2D eigenvalue weighted by molar-refractivity contribution is 9.10. The lowest BCUT2D eigenvalue weighted by atomic mass is 9.40. The summed E-state index contributed by atoms with van der Waals surface area (Å²) < 4.78 is 0. The van der Waals surface area contributed by atoms with Gasteiger partial charge in [0, 0.05) is 6.42 Å². The molecule has 0 aromatic carbocycles. The number of halogens is 1. The van der Waals surface area contributed by atoms with Crippen LogP contribution in [-0.2, 0) is 4.79 Å². The molecule has 0 radical (unpaired) electrons. The van der Waals surface area contributed by atoms with E-state index in [0.717, 1.165) is 48.3 Å². The Morgan fingerprint density at radius 2 is 1.70 bits per heavy atom. The van der Waals surface area contributed by atoms with Crippen LogP contribution in [0.15, 0.2) is 0 Å². The molecular weight excluding hydrogens is 432 g/mol. The molecule has 0 heterocycles. The molecule has 172 valence electrons. The van der Waals surface area contributed by atoms with Gasteiger partial charge in [-0.3, -0.25) is 4.79 Å². The van der Waals surface area contributed by atoms with Crippen LogP contribution in [0.1, 0.15) is 112 Å². The largest absolute Gasteiger partial charge is 0.298 e. The fourth-order valence-corrected chi connectivity index (χ4v) is 10.2. The molecule has 0 aromatic heterocycles. The average Bonchev–Trinajstić information content (AvgIpc) is 3.01. The number of hydrogen-bond donors (Lipinski definition) is 0. The lowest BCUT2D eigenvalue weighted by Gasteiger charge is -2.65. The first-order valence-electron chi connectivity index (χ1n) is 13.2. The summed E-state index contributed by atoms with van der Waals surface area (Å²) >= 11 is 3.77. The summed E-state index contributed by atoms with van der Waals surface area (Å²) in [6, 6.07) is 0. The van der Waals surface area contributed by atoms with Crippen molar-refractivity contribution in [3.05, 3.63) is 0 Å². The van der Waals surface area contributed by atoms with E-state index in [1.807, 2.05) is 0 Å². The van der Waals surface area contributed by atoms with Crippen LogP contribution >= 0.6 is 15.9 Å². The molecule has 4 saturated carbocycles. The van der Waals surface area contributed by atoms with Gasteiger partial charge in [0.15, 0.2) is 0 Å². The molecule has 0 aromatic rings. The van der Waals surface area contributed by atoms with Crippen molar-refractivity contribution < 1.29 is 4.79 Å². The number of alkyl halides is 1. The maximum Gasteiger partial charge on any atom is 0.147 e. The van der Waals surface area contributed by atoms with Crippen molar-refractivity contribution in [3.63, 3.8) is 0 Å². The van der Waals surface area contributed by atoms with Gasteiger partial charge in [-0.15, -0.1) is 0 Å². The molecule has 0 saturated heterocycles. The molecule has 0 N–H and O–H groups in total. The number of fused-ring (bicyclic) bond motifs is 5. The van der Waals surface area contributed by atoms with E-state index in [0.29, 0.717) is 16.6 Å². The van der Waals surface area contributed by atoms with E-state index in [9.17, 15) is 4.79 Å².